The number of ether oxygens (including phenoxy) is 2. The van der Waals surface area contributed by atoms with E-state index in [2.05, 4.69) is 5.32 Å². The molecule has 4 rings (SSSR count). The molecule has 2 aliphatic rings. The van der Waals surface area contributed by atoms with Gasteiger partial charge in [-0.3, -0.25) is 4.79 Å². The number of methoxy groups -OCH3 is 1. The van der Waals surface area contributed by atoms with Crippen LogP contribution in [-0.2, 0) is 21.6 Å². The summed E-state index contributed by atoms with van der Waals surface area (Å²) in [5, 5.41) is 12.7. The van der Waals surface area contributed by atoms with E-state index in [1.807, 2.05) is 36.4 Å². The molecule has 2 aromatic carbocycles. The van der Waals surface area contributed by atoms with Crippen LogP contribution in [0.3, 0.4) is 0 Å². The smallest absolute Gasteiger partial charge is 0.235 e. The van der Waals surface area contributed by atoms with Gasteiger partial charge in [-0.15, -0.1) is 0 Å². The van der Waals surface area contributed by atoms with Gasteiger partial charge in [0, 0.05) is 18.9 Å². The van der Waals surface area contributed by atoms with Crippen LogP contribution in [0, 0.1) is 0 Å². The standard InChI is InChI=1S/C20H21NO4/c1-24-15-3-4-16(14(10-15)12-22)13-2-5-17-18(11-13)21-19(23)20(17)6-8-25-9-7-20/h2-5,10-11,22H,6-9,12H2,1H3,(H,21,23). The number of nitrogens with one attached hydrogen (secondary N) is 1. The number of benzene rings is 2. The van der Waals surface area contributed by atoms with E-state index in [0.29, 0.717) is 19.0 Å². The van der Waals surface area contributed by atoms with Gasteiger partial charge >= 0.3 is 0 Å². The Labute approximate surface area is 146 Å². The zero-order valence-corrected chi connectivity index (χ0v) is 14.2. The maximum atomic E-state index is 12.6. The van der Waals surface area contributed by atoms with E-state index in [0.717, 1.165) is 40.8 Å². The number of hydrogen-bond donors (Lipinski definition) is 2. The lowest BCUT2D eigenvalue weighted by Gasteiger charge is -2.31. The predicted octanol–water partition coefficient (Wildman–Crippen LogP) is 2.85. The topological polar surface area (TPSA) is 67.8 Å². The molecule has 0 aliphatic carbocycles. The molecule has 130 valence electrons. The Balaban J connectivity index is 1.76. The third-order valence-corrected chi connectivity index (χ3v) is 5.36. The van der Waals surface area contributed by atoms with Gasteiger partial charge in [0.05, 0.1) is 19.1 Å². The quantitative estimate of drug-likeness (QED) is 0.902. The van der Waals surface area contributed by atoms with Gasteiger partial charge < -0.3 is 19.9 Å². The van der Waals surface area contributed by atoms with Gasteiger partial charge in [0.25, 0.3) is 0 Å². The van der Waals surface area contributed by atoms with Crippen LogP contribution < -0.4 is 10.1 Å². The van der Waals surface area contributed by atoms with E-state index in [1.54, 1.807) is 7.11 Å². The minimum Gasteiger partial charge on any atom is -0.497 e. The lowest BCUT2D eigenvalue weighted by atomic mass is 9.75. The van der Waals surface area contributed by atoms with Gasteiger partial charge in [0.2, 0.25) is 5.91 Å². The van der Waals surface area contributed by atoms with Gasteiger partial charge in [0.15, 0.2) is 0 Å². The molecular weight excluding hydrogens is 318 g/mol. The number of rotatable bonds is 3. The molecule has 1 spiro atoms. The van der Waals surface area contributed by atoms with Crippen LogP contribution in [0.4, 0.5) is 5.69 Å². The van der Waals surface area contributed by atoms with Crippen molar-refractivity contribution in [1.29, 1.82) is 0 Å². The molecule has 0 atom stereocenters. The Morgan fingerprint density at radius 1 is 1.20 bits per heavy atom. The van der Waals surface area contributed by atoms with Gasteiger partial charge in [-0.05, 0) is 53.3 Å². The second-order valence-corrected chi connectivity index (χ2v) is 6.59. The molecule has 2 aromatic rings. The van der Waals surface area contributed by atoms with Gasteiger partial charge in [-0.2, -0.15) is 0 Å². The maximum absolute atomic E-state index is 12.6. The van der Waals surface area contributed by atoms with Crippen LogP contribution in [0.2, 0.25) is 0 Å². The molecule has 0 radical (unpaired) electrons. The summed E-state index contributed by atoms with van der Waals surface area (Å²) in [4.78, 5) is 12.6. The van der Waals surface area contributed by atoms with Gasteiger partial charge in [-0.25, -0.2) is 0 Å². The minimum absolute atomic E-state index is 0.0695. The van der Waals surface area contributed by atoms with Crippen molar-refractivity contribution >= 4 is 11.6 Å². The number of aliphatic hydroxyl groups is 1. The summed E-state index contributed by atoms with van der Waals surface area (Å²) in [5.74, 6) is 0.781. The van der Waals surface area contributed by atoms with Crippen molar-refractivity contribution in [2.24, 2.45) is 0 Å². The van der Waals surface area contributed by atoms with Crippen molar-refractivity contribution in [3.63, 3.8) is 0 Å². The molecule has 0 saturated carbocycles. The summed E-state index contributed by atoms with van der Waals surface area (Å²) in [7, 11) is 1.61. The normalized spacial score (nSPS) is 18.1. The molecule has 1 saturated heterocycles. The predicted molar refractivity (Wildman–Crippen MR) is 94.7 cm³/mol. The number of aliphatic hydroxyl groups excluding tert-OH is 1. The Kier molecular flexibility index (Phi) is 3.98. The number of fused-ring (bicyclic) bond motifs is 2. The first kappa shape index (κ1) is 16.1. The molecule has 2 heterocycles. The molecule has 5 heteroatoms. The zero-order chi connectivity index (χ0) is 17.4. The first-order valence-corrected chi connectivity index (χ1v) is 8.50. The fraction of sp³-hybridized carbons (Fsp3) is 0.350. The summed E-state index contributed by atoms with van der Waals surface area (Å²) < 4.78 is 10.7. The Morgan fingerprint density at radius 2 is 2.00 bits per heavy atom. The van der Waals surface area contributed by atoms with E-state index < -0.39 is 5.41 Å². The summed E-state index contributed by atoms with van der Waals surface area (Å²) in [6.45, 7) is 1.15. The second-order valence-electron chi connectivity index (χ2n) is 6.59. The van der Waals surface area contributed by atoms with Crippen LogP contribution in [0.5, 0.6) is 5.75 Å². The SMILES string of the molecule is COc1ccc(-c2ccc3c(c2)NC(=O)C32CCOCC2)c(CO)c1. The van der Waals surface area contributed by atoms with Crippen LogP contribution in [0.15, 0.2) is 36.4 Å². The van der Waals surface area contributed by atoms with E-state index in [1.165, 1.54) is 0 Å². The van der Waals surface area contributed by atoms with Crippen LogP contribution in [0.1, 0.15) is 24.0 Å². The van der Waals surface area contributed by atoms with E-state index in [-0.39, 0.29) is 12.5 Å². The molecule has 1 amide bonds. The molecule has 0 bridgehead atoms. The fourth-order valence-electron chi connectivity index (χ4n) is 3.92. The van der Waals surface area contributed by atoms with Crippen molar-refractivity contribution in [3.05, 3.63) is 47.5 Å². The molecule has 2 N–H and O–H groups in total. The Bertz CT molecular complexity index is 824. The molecule has 0 aromatic heterocycles. The molecule has 5 nitrogen and oxygen atoms in total. The number of hydrogen-bond acceptors (Lipinski definition) is 4. The number of anilines is 1. The molecule has 0 unspecified atom stereocenters. The van der Waals surface area contributed by atoms with Crippen molar-refractivity contribution in [3.8, 4) is 16.9 Å². The van der Waals surface area contributed by atoms with Gasteiger partial charge in [-0.1, -0.05) is 18.2 Å². The van der Waals surface area contributed by atoms with Crippen LogP contribution in [0.25, 0.3) is 11.1 Å². The van der Waals surface area contributed by atoms with E-state index in [9.17, 15) is 9.90 Å². The monoisotopic (exact) mass is 339 g/mol. The van der Waals surface area contributed by atoms with Crippen molar-refractivity contribution < 1.29 is 19.4 Å². The Morgan fingerprint density at radius 3 is 2.72 bits per heavy atom. The largest absolute Gasteiger partial charge is 0.497 e. The lowest BCUT2D eigenvalue weighted by Crippen LogP contribution is -2.39. The minimum atomic E-state index is -0.453. The average molecular weight is 339 g/mol. The summed E-state index contributed by atoms with van der Waals surface area (Å²) >= 11 is 0. The number of carbonyl (C=O) groups is 1. The zero-order valence-electron chi connectivity index (χ0n) is 14.2. The summed E-state index contributed by atoms with van der Waals surface area (Å²) in [6.07, 6.45) is 1.44. The van der Waals surface area contributed by atoms with E-state index in [4.69, 9.17) is 9.47 Å². The van der Waals surface area contributed by atoms with E-state index >= 15 is 0 Å². The molecule has 2 aliphatic heterocycles. The van der Waals surface area contributed by atoms with Gasteiger partial charge in [0.1, 0.15) is 5.75 Å². The highest BCUT2D eigenvalue weighted by atomic mass is 16.5. The third-order valence-electron chi connectivity index (χ3n) is 5.36. The highest BCUT2D eigenvalue weighted by molar-refractivity contribution is 6.07. The third kappa shape index (κ3) is 2.51. The van der Waals surface area contributed by atoms with Crippen molar-refractivity contribution in [2.45, 2.75) is 24.9 Å². The first-order valence-electron chi connectivity index (χ1n) is 8.50. The average Bonchev–Trinajstić information content (AvgIpc) is 2.92. The summed E-state index contributed by atoms with van der Waals surface area (Å²) in [5.41, 5.74) is 4.17. The molecular formula is C20H21NO4. The fourth-order valence-corrected chi connectivity index (χ4v) is 3.92. The molecule has 1 fully saturated rings. The molecule has 25 heavy (non-hydrogen) atoms. The van der Waals surface area contributed by atoms with Crippen LogP contribution in [-0.4, -0.2) is 31.3 Å². The highest BCUT2D eigenvalue weighted by Crippen LogP contribution is 2.46. The highest BCUT2D eigenvalue weighted by Gasteiger charge is 2.47. The van der Waals surface area contributed by atoms with Crippen molar-refractivity contribution in [1.82, 2.24) is 0 Å². The van der Waals surface area contributed by atoms with Crippen molar-refractivity contribution in [2.75, 3.05) is 25.6 Å². The number of amides is 1. The number of carbonyl (C=O) groups excluding carboxylic acids is 1. The summed E-state index contributed by atoms with van der Waals surface area (Å²) in [6, 6.07) is 11.7. The first-order chi connectivity index (χ1) is 12.2. The maximum Gasteiger partial charge on any atom is 0.235 e. The second kappa shape index (κ2) is 6.17. The lowest BCUT2D eigenvalue weighted by molar-refractivity contribution is -0.124. The van der Waals surface area contributed by atoms with Crippen LogP contribution >= 0.6 is 0 Å². The Hall–Kier alpha value is -2.37.